The summed E-state index contributed by atoms with van der Waals surface area (Å²) in [6, 6.07) is 5.99. The average Bonchev–Trinajstić information content (AvgIpc) is 2.62. The maximum absolute atomic E-state index is 11.4. The van der Waals surface area contributed by atoms with Crippen LogP contribution in [0.4, 0.5) is 11.5 Å². The summed E-state index contributed by atoms with van der Waals surface area (Å²) in [6.45, 7) is 2.57. The molecule has 1 aromatic carbocycles. The van der Waals surface area contributed by atoms with E-state index in [0.717, 1.165) is 12.8 Å². The minimum atomic E-state index is -0.591. The lowest BCUT2D eigenvalue weighted by Crippen LogP contribution is -2.08. The van der Waals surface area contributed by atoms with E-state index in [1.54, 1.807) is 0 Å². The van der Waals surface area contributed by atoms with Crippen LogP contribution in [0.3, 0.4) is 0 Å². The standard InChI is InChI=1S/C16H18N4O5/c1-3-4-9-17-14-13(20(22)23)15(19-10-18-14)25-12-7-5-11(6-8-12)16(21)24-2/h5-8,10H,3-4,9H2,1-2H3,(H,17,18,19). The van der Waals surface area contributed by atoms with Crippen molar-refractivity contribution in [1.29, 1.82) is 0 Å². The number of carbonyl (C=O) groups excluding carboxylic acids is 1. The number of esters is 1. The molecule has 0 radical (unpaired) electrons. The van der Waals surface area contributed by atoms with Gasteiger partial charge in [0.1, 0.15) is 12.1 Å². The number of nitrogens with zero attached hydrogens (tertiary/aromatic N) is 3. The predicted molar refractivity (Wildman–Crippen MR) is 89.9 cm³/mol. The first-order valence-electron chi connectivity index (χ1n) is 7.66. The van der Waals surface area contributed by atoms with Gasteiger partial charge in [-0.3, -0.25) is 10.1 Å². The van der Waals surface area contributed by atoms with E-state index in [4.69, 9.17) is 4.74 Å². The van der Waals surface area contributed by atoms with Crippen molar-refractivity contribution in [2.75, 3.05) is 19.0 Å². The number of unbranched alkanes of at least 4 members (excludes halogenated alkanes) is 1. The Labute approximate surface area is 144 Å². The number of methoxy groups -OCH3 is 1. The fourth-order valence-electron chi connectivity index (χ4n) is 2.00. The Morgan fingerprint density at radius 2 is 2.00 bits per heavy atom. The second-order valence-corrected chi connectivity index (χ2v) is 5.03. The van der Waals surface area contributed by atoms with Gasteiger partial charge < -0.3 is 14.8 Å². The van der Waals surface area contributed by atoms with Gasteiger partial charge in [0, 0.05) is 6.54 Å². The Bertz CT molecular complexity index is 749. The Hall–Kier alpha value is -3.23. The average molecular weight is 346 g/mol. The molecule has 2 rings (SSSR count). The summed E-state index contributed by atoms with van der Waals surface area (Å²) in [4.78, 5) is 30.0. The van der Waals surface area contributed by atoms with Gasteiger partial charge in [0.25, 0.3) is 0 Å². The maximum atomic E-state index is 11.4. The van der Waals surface area contributed by atoms with Crippen molar-refractivity contribution in [2.24, 2.45) is 0 Å². The third-order valence-electron chi connectivity index (χ3n) is 3.28. The number of nitrogens with one attached hydrogen (secondary N) is 1. The number of nitro groups is 1. The quantitative estimate of drug-likeness (QED) is 0.335. The van der Waals surface area contributed by atoms with Crippen molar-refractivity contribution in [3.63, 3.8) is 0 Å². The van der Waals surface area contributed by atoms with Crippen LogP contribution in [-0.4, -0.2) is 34.5 Å². The number of hydrogen-bond acceptors (Lipinski definition) is 8. The largest absolute Gasteiger partial charge is 0.465 e. The van der Waals surface area contributed by atoms with Crippen molar-refractivity contribution in [3.05, 3.63) is 46.3 Å². The number of benzene rings is 1. The topological polar surface area (TPSA) is 116 Å². The molecule has 2 aromatic rings. The molecule has 132 valence electrons. The highest BCUT2D eigenvalue weighted by Gasteiger charge is 2.24. The van der Waals surface area contributed by atoms with E-state index in [1.165, 1.54) is 37.7 Å². The number of hydrogen-bond donors (Lipinski definition) is 1. The van der Waals surface area contributed by atoms with Gasteiger partial charge >= 0.3 is 17.5 Å². The molecule has 0 aliphatic rings. The van der Waals surface area contributed by atoms with Crippen LogP contribution in [0.2, 0.25) is 0 Å². The monoisotopic (exact) mass is 346 g/mol. The van der Waals surface area contributed by atoms with E-state index in [-0.39, 0.29) is 17.4 Å². The normalized spacial score (nSPS) is 10.2. The summed E-state index contributed by atoms with van der Waals surface area (Å²) in [7, 11) is 1.28. The lowest BCUT2D eigenvalue weighted by molar-refractivity contribution is -0.385. The lowest BCUT2D eigenvalue weighted by Gasteiger charge is -2.09. The molecule has 0 bridgehead atoms. The van der Waals surface area contributed by atoms with Crippen LogP contribution in [0.25, 0.3) is 0 Å². The third-order valence-corrected chi connectivity index (χ3v) is 3.28. The van der Waals surface area contributed by atoms with Gasteiger partial charge in [-0.25, -0.2) is 9.78 Å². The summed E-state index contributed by atoms with van der Waals surface area (Å²) < 4.78 is 10.1. The molecule has 9 nitrogen and oxygen atoms in total. The number of anilines is 1. The zero-order chi connectivity index (χ0) is 18.2. The molecular formula is C16H18N4O5. The maximum Gasteiger partial charge on any atom is 0.373 e. The van der Waals surface area contributed by atoms with Gasteiger partial charge in [-0.15, -0.1) is 0 Å². The smallest absolute Gasteiger partial charge is 0.373 e. The molecule has 0 saturated heterocycles. The van der Waals surface area contributed by atoms with Crippen LogP contribution >= 0.6 is 0 Å². The molecule has 25 heavy (non-hydrogen) atoms. The van der Waals surface area contributed by atoms with Gasteiger partial charge in [0.15, 0.2) is 0 Å². The molecule has 0 saturated carbocycles. The third kappa shape index (κ3) is 4.63. The second kappa shape index (κ2) is 8.57. The molecule has 0 aliphatic heterocycles. The number of carbonyl (C=O) groups is 1. The number of aromatic nitrogens is 2. The molecule has 0 aliphatic carbocycles. The highest BCUT2D eigenvalue weighted by Crippen LogP contribution is 2.34. The fourth-order valence-corrected chi connectivity index (χ4v) is 2.00. The van der Waals surface area contributed by atoms with Crippen molar-refractivity contribution in [1.82, 2.24) is 9.97 Å². The van der Waals surface area contributed by atoms with Gasteiger partial charge in [0.2, 0.25) is 5.82 Å². The molecule has 0 fully saturated rings. The first-order valence-corrected chi connectivity index (χ1v) is 7.66. The summed E-state index contributed by atoms with van der Waals surface area (Å²) in [5, 5.41) is 14.3. The highest BCUT2D eigenvalue weighted by atomic mass is 16.6. The van der Waals surface area contributed by atoms with Gasteiger partial charge in [0.05, 0.1) is 17.6 Å². The Balaban J connectivity index is 2.24. The van der Waals surface area contributed by atoms with Crippen molar-refractivity contribution >= 4 is 17.5 Å². The first-order chi connectivity index (χ1) is 12.1. The number of ether oxygens (including phenoxy) is 2. The molecule has 1 heterocycles. The Morgan fingerprint density at radius 1 is 1.28 bits per heavy atom. The van der Waals surface area contributed by atoms with Crippen LogP contribution in [0.5, 0.6) is 11.6 Å². The van der Waals surface area contributed by atoms with Crippen LogP contribution < -0.4 is 10.1 Å². The Morgan fingerprint density at radius 3 is 2.60 bits per heavy atom. The highest BCUT2D eigenvalue weighted by molar-refractivity contribution is 5.89. The van der Waals surface area contributed by atoms with Crippen molar-refractivity contribution < 1.29 is 19.2 Å². The van der Waals surface area contributed by atoms with Crippen molar-refractivity contribution in [3.8, 4) is 11.6 Å². The van der Waals surface area contributed by atoms with E-state index >= 15 is 0 Å². The van der Waals surface area contributed by atoms with E-state index < -0.39 is 10.9 Å². The van der Waals surface area contributed by atoms with Gasteiger partial charge in [-0.1, -0.05) is 13.3 Å². The van der Waals surface area contributed by atoms with E-state index in [1.807, 2.05) is 6.92 Å². The molecule has 0 unspecified atom stereocenters. The molecule has 9 heteroatoms. The van der Waals surface area contributed by atoms with E-state index in [2.05, 4.69) is 20.0 Å². The van der Waals surface area contributed by atoms with Gasteiger partial charge in [-0.05, 0) is 30.7 Å². The second-order valence-electron chi connectivity index (χ2n) is 5.03. The summed E-state index contributed by atoms with van der Waals surface area (Å²) in [5.41, 5.74) is 0.00426. The molecule has 1 aromatic heterocycles. The summed E-state index contributed by atoms with van der Waals surface area (Å²) >= 11 is 0. The van der Waals surface area contributed by atoms with E-state index in [0.29, 0.717) is 17.9 Å². The molecular weight excluding hydrogens is 328 g/mol. The van der Waals surface area contributed by atoms with Crippen molar-refractivity contribution in [2.45, 2.75) is 19.8 Å². The molecule has 1 N–H and O–H groups in total. The minimum Gasteiger partial charge on any atom is -0.465 e. The predicted octanol–water partition coefficient (Wildman–Crippen LogP) is 3.18. The molecule has 0 spiro atoms. The van der Waals surface area contributed by atoms with Gasteiger partial charge in [-0.2, -0.15) is 4.98 Å². The van der Waals surface area contributed by atoms with Crippen LogP contribution in [0.1, 0.15) is 30.1 Å². The fraction of sp³-hybridized carbons (Fsp3) is 0.312. The Kier molecular flexibility index (Phi) is 6.21. The zero-order valence-corrected chi connectivity index (χ0v) is 13.9. The molecule has 0 amide bonds. The number of rotatable bonds is 8. The van der Waals surface area contributed by atoms with Crippen LogP contribution in [0, 0.1) is 10.1 Å². The van der Waals surface area contributed by atoms with Crippen LogP contribution in [0.15, 0.2) is 30.6 Å². The summed E-state index contributed by atoms with van der Waals surface area (Å²) in [6.07, 6.45) is 2.99. The SMILES string of the molecule is CCCCNc1ncnc(Oc2ccc(C(=O)OC)cc2)c1[N+](=O)[O-]. The minimum absolute atomic E-state index is 0.106. The zero-order valence-electron chi connectivity index (χ0n) is 13.9. The van der Waals surface area contributed by atoms with E-state index in [9.17, 15) is 14.9 Å². The first kappa shape index (κ1) is 18.1. The summed E-state index contributed by atoms with van der Waals surface area (Å²) in [5.74, 6) is -0.254. The van der Waals surface area contributed by atoms with Crippen LogP contribution in [-0.2, 0) is 4.74 Å². The molecule has 0 atom stereocenters. The lowest BCUT2D eigenvalue weighted by atomic mass is 10.2.